The van der Waals surface area contributed by atoms with Crippen molar-refractivity contribution in [1.29, 1.82) is 0 Å². The summed E-state index contributed by atoms with van der Waals surface area (Å²) in [6.07, 6.45) is 1.74. The maximum absolute atomic E-state index is 11.2. The standard InChI is InChI=1S/C14H19NO2/c1-10-5-3-6-12(9-10)15-8-4-7-13(11(15)2)14(16)17/h3,5-6,9,11,13H,4,7-8H2,1-2H3,(H,16,17)/t11-,13+/m1/s1. The van der Waals surface area contributed by atoms with Crippen LogP contribution in [0.25, 0.3) is 0 Å². The zero-order valence-corrected chi connectivity index (χ0v) is 10.4. The number of hydrogen-bond donors (Lipinski definition) is 1. The zero-order chi connectivity index (χ0) is 12.4. The topological polar surface area (TPSA) is 40.5 Å². The number of anilines is 1. The van der Waals surface area contributed by atoms with Crippen LogP contribution in [-0.2, 0) is 4.79 Å². The number of piperidine rings is 1. The minimum absolute atomic E-state index is 0.0723. The van der Waals surface area contributed by atoms with Crippen LogP contribution in [-0.4, -0.2) is 23.7 Å². The highest BCUT2D eigenvalue weighted by Crippen LogP contribution is 2.29. The van der Waals surface area contributed by atoms with Gasteiger partial charge < -0.3 is 10.0 Å². The first-order valence-electron chi connectivity index (χ1n) is 6.15. The van der Waals surface area contributed by atoms with E-state index in [9.17, 15) is 9.90 Å². The molecule has 2 rings (SSSR count). The molecule has 0 amide bonds. The number of rotatable bonds is 2. The van der Waals surface area contributed by atoms with Gasteiger partial charge in [-0.2, -0.15) is 0 Å². The molecule has 1 saturated heterocycles. The molecule has 0 saturated carbocycles. The Balaban J connectivity index is 2.23. The van der Waals surface area contributed by atoms with E-state index in [4.69, 9.17) is 0 Å². The lowest BCUT2D eigenvalue weighted by Crippen LogP contribution is -2.46. The summed E-state index contributed by atoms with van der Waals surface area (Å²) in [5.74, 6) is -0.917. The SMILES string of the molecule is Cc1cccc(N2CCC[C@H](C(=O)O)[C@H]2C)c1. The Hall–Kier alpha value is -1.51. The van der Waals surface area contributed by atoms with Gasteiger partial charge >= 0.3 is 5.97 Å². The lowest BCUT2D eigenvalue weighted by molar-refractivity contribution is -0.143. The van der Waals surface area contributed by atoms with Gasteiger partial charge in [0, 0.05) is 18.3 Å². The summed E-state index contributed by atoms with van der Waals surface area (Å²) in [5, 5.41) is 9.20. The van der Waals surface area contributed by atoms with Crippen molar-refractivity contribution in [3.05, 3.63) is 29.8 Å². The van der Waals surface area contributed by atoms with E-state index in [1.807, 2.05) is 13.0 Å². The van der Waals surface area contributed by atoms with Crippen LogP contribution in [0.2, 0.25) is 0 Å². The van der Waals surface area contributed by atoms with Gasteiger partial charge in [-0.25, -0.2) is 0 Å². The van der Waals surface area contributed by atoms with E-state index in [-0.39, 0.29) is 12.0 Å². The first-order valence-corrected chi connectivity index (χ1v) is 6.15. The van der Waals surface area contributed by atoms with Crippen LogP contribution >= 0.6 is 0 Å². The van der Waals surface area contributed by atoms with E-state index in [0.29, 0.717) is 0 Å². The third-order valence-electron chi connectivity index (χ3n) is 3.64. The Morgan fingerprint density at radius 3 is 2.88 bits per heavy atom. The van der Waals surface area contributed by atoms with Gasteiger partial charge in [0.05, 0.1) is 5.92 Å². The van der Waals surface area contributed by atoms with Crippen molar-refractivity contribution in [1.82, 2.24) is 0 Å². The number of aliphatic carboxylic acids is 1. The monoisotopic (exact) mass is 233 g/mol. The minimum Gasteiger partial charge on any atom is -0.481 e. The molecule has 0 aliphatic carbocycles. The fraction of sp³-hybridized carbons (Fsp3) is 0.500. The molecule has 1 N–H and O–H groups in total. The molecule has 1 fully saturated rings. The number of nitrogens with zero attached hydrogens (tertiary/aromatic N) is 1. The molecule has 0 bridgehead atoms. The zero-order valence-electron chi connectivity index (χ0n) is 10.4. The molecule has 17 heavy (non-hydrogen) atoms. The third-order valence-corrected chi connectivity index (χ3v) is 3.64. The lowest BCUT2D eigenvalue weighted by Gasteiger charge is -2.39. The summed E-state index contributed by atoms with van der Waals surface area (Å²) >= 11 is 0. The predicted octanol–water partition coefficient (Wildman–Crippen LogP) is 2.68. The molecular weight excluding hydrogens is 214 g/mol. The highest BCUT2D eigenvalue weighted by molar-refractivity contribution is 5.72. The van der Waals surface area contributed by atoms with Crippen molar-refractivity contribution < 1.29 is 9.90 Å². The van der Waals surface area contributed by atoms with Crippen molar-refractivity contribution in [2.24, 2.45) is 5.92 Å². The van der Waals surface area contributed by atoms with Crippen LogP contribution in [0.3, 0.4) is 0 Å². The number of benzene rings is 1. The van der Waals surface area contributed by atoms with Gasteiger partial charge in [-0.3, -0.25) is 4.79 Å². The molecule has 1 heterocycles. The normalized spacial score (nSPS) is 24.7. The predicted molar refractivity (Wildman–Crippen MR) is 68.3 cm³/mol. The van der Waals surface area contributed by atoms with E-state index in [1.54, 1.807) is 0 Å². The minimum atomic E-state index is -0.671. The molecule has 3 nitrogen and oxygen atoms in total. The van der Waals surface area contributed by atoms with Crippen LogP contribution in [0, 0.1) is 12.8 Å². The van der Waals surface area contributed by atoms with Gasteiger partial charge in [0.1, 0.15) is 0 Å². The highest BCUT2D eigenvalue weighted by atomic mass is 16.4. The molecule has 1 aliphatic rings. The summed E-state index contributed by atoms with van der Waals surface area (Å²) in [7, 11) is 0. The van der Waals surface area contributed by atoms with Gasteiger partial charge in [0.2, 0.25) is 0 Å². The molecular formula is C14H19NO2. The van der Waals surface area contributed by atoms with Gasteiger partial charge in [0.15, 0.2) is 0 Å². The Morgan fingerprint density at radius 1 is 1.47 bits per heavy atom. The van der Waals surface area contributed by atoms with Crippen molar-refractivity contribution in [3.63, 3.8) is 0 Å². The fourth-order valence-electron chi connectivity index (χ4n) is 2.64. The molecule has 3 heteroatoms. The van der Waals surface area contributed by atoms with Crippen LogP contribution in [0.5, 0.6) is 0 Å². The smallest absolute Gasteiger partial charge is 0.308 e. The van der Waals surface area contributed by atoms with Crippen LogP contribution < -0.4 is 4.90 Å². The number of carboxylic acid groups (broad SMARTS) is 1. The number of carboxylic acids is 1. The third kappa shape index (κ3) is 2.43. The van der Waals surface area contributed by atoms with E-state index < -0.39 is 5.97 Å². The maximum atomic E-state index is 11.2. The molecule has 2 atom stereocenters. The Labute approximate surface area is 102 Å². The van der Waals surface area contributed by atoms with Crippen molar-refractivity contribution in [2.45, 2.75) is 32.7 Å². The maximum Gasteiger partial charge on any atom is 0.308 e. The largest absolute Gasteiger partial charge is 0.481 e. The van der Waals surface area contributed by atoms with Crippen LogP contribution in [0.1, 0.15) is 25.3 Å². The van der Waals surface area contributed by atoms with E-state index >= 15 is 0 Å². The quantitative estimate of drug-likeness (QED) is 0.853. The van der Waals surface area contributed by atoms with Crippen LogP contribution in [0.15, 0.2) is 24.3 Å². The second kappa shape index (κ2) is 4.78. The van der Waals surface area contributed by atoms with Gasteiger partial charge in [-0.15, -0.1) is 0 Å². The van der Waals surface area contributed by atoms with Gasteiger partial charge in [0.25, 0.3) is 0 Å². The Kier molecular flexibility index (Phi) is 3.36. The van der Waals surface area contributed by atoms with E-state index in [1.165, 1.54) is 5.56 Å². The number of carbonyl (C=O) groups is 1. The first kappa shape index (κ1) is 12.0. The lowest BCUT2D eigenvalue weighted by atomic mass is 9.90. The molecule has 1 aromatic rings. The fourth-order valence-corrected chi connectivity index (χ4v) is 2.64. The van der Waals surface area contributed by atoms with E-state index in [0.717, 1.165) is 25.1 Å². The van der Waals surface area contributed by atoms with Crippen LogP contribution in [0.4, 0.5) is 5.69 Å². The summed E-state index contributed by atoms with van der Waals surface area (Å²) < 4.78 is 0. The summed E-state index contributed by atoms with van der Waals surface area (Å²) in [4.78, 5) is 13.4. The first-order chi connectivity index (χ1) is 8.09. The molecule has 1 aromatic carbocycles. The van der Waals surface area contributed by atoms with Crippen molar-refractivity contribution >= 4 is 11.7 Å². The number of aryl methyl sites for hydroxylation is 1. The van der Waals surface area contributed by atoms with Gasteiger partial charge in [-0.05, 0) is 44.4 Å². The highest BCUT2D eigenvalue weighted by Gasteiger charge is 2.32. The molecule has 92 valence electrons. The molecule has 0 aromatic heterocycles. The van der Waals surface area contributed by atoms with Gasteiger partial charge in [-0.1, -0.05) is 12.1 Å². The second-order valence-electron chi connectivity index (χ2n) is 4.86. The average Bonchev–Trinajstić information content (AvgIpc) is 2.29. The summed E-state index contributed by atoms with van der Waals surface area (Å²) in [5.41, 5.74) is 2.36. The van der Waals surface area contributed by atoms with E-state index in [2.05, 4.69) is 30.0 Å². The van der Waals surface area contributed by atoms with Crippen molar-refractivity contribution in [2.75, 3.05) is 11.4 Å². The molecule has 0 radical (unpaired) electrons. The molecule has 1 aliphatic heterocycles. The summed E-state index contributed by atoms with van der Waals surface area (Å²) in [6.45, 7) is 5.03. The van der Waals surface area contributed by atoms with Crippen molar-refractivity contribution in [3.8, 4) is 0 Å². The Bertz CT molecular complexity index is 416. The number of hydrogen-bond acceptors (Lipinski definition) is 2. The second-order valence-corrected chi connectivity index (χ2v) is 4.86. The average molecular weight is 233 g/mol. The summed E-state index contributed by atoms with van der Waals surface area (Å²) in [6, 6.07) is 8.35. The molecule has 0 unspecified atom stereocenters. The Morgan fingerprint density at radius 2 is 2.24 bits per heavy atom. The molecule has 0 spiro atoms.